The highest BCUT2D eigenvalue weighted by Gasteiger charge is 2.20. The molecule has 2 unspecified atom stereocenters. The molecule has 0 rings (SSSR count). The number of aliphatic hydroxyl groups is 2. The summed E-state index contributed by atoms with van der Waals surface area (Å²) >= 11 is 0. The first-order chi connectivity index (χ1) is 30.7. The second-order valence-corrected chi connectivity index (χ2v) is 18.6. The van der Waals surface area contributed by atoms with Crippen molar-refractivity contribution >= 4 is 5.91 Å². The van der Waals surface area contributed by atoms with Gasteiger partial charge in [-0.05, 0) is 57.8 Å². The van der Waals surface area contributed by atoms with E-state index < -0.39 is 12.1 Å². The summed E-state index contributed by atoms with van der Waals surface area (Å²) in [5.74, 6) is -0.0612. The summed E-state index contributed by atoms with van der Waals surface area (Å²) in [7, 11) is 0. The maximum atomic E-state index is 12.4. The molecule has 0 spiro atoms. The summed E-state index contributed by atoms with van der Waals surface area (Å²) in [6.07, 6.45) is 75.0. The summed E-state index contributed by atoms with van der Waals surface area (Å²) in [6.45, 7) is 4.25. The number of hydrogen-bond acceptors (Lipinski definition) is 3. The van der Waals surface area contributed by atoms with E-state index in [1.54, 1.807) is 0 Å². The molecule has 1 amide bonds. The molecule has 0 saturated carbocycles. The molecule has 362 valence electrons. The zero-order chi connectivity index (χ0) is 44.9. The van der Waals surface area contributed by atoms with Crippen LogP contribution in [0.2, 0.25) is 0 Å². The Labute approximate surface area is 387 Å². The minimum atomic E-state index is -0.678. The summed E-state index contributed by atoms with van der Waals surface area (Å²) in [5, 5.41) is 23.3. The highest BCUT2D eigenvalue weighted by Crippen LogP contribution is 2.17. The number of aliphatic hydroxyl groups excluding tert-OH is 2. The molecule has 0 radical (unpaired) electrons. The van der Waals surface area contributed by atoms with E-state index in [4.69, 9.17) is 0 Å². The lowest BCUT2D eigenvalue weighted by molar-refractivity contribution is -0.123. The lowest BCUT2D eigenvalue weighted by atomic mass is 10.0. The van der Waals surface area contributed by atoms with Gasteiger partial charge in [-0.3, -0.25) is 4.79 Å². The fourth-order valence-electron chi connectivity index (χ4n) is 8.39. The van der Waals surface area contributed by atoms with E-state index in [0.29, 0.717) is 12.8 Å². The van der Waals surface area contributed by atoms with Gasteiger partial charge in [-0.1, -0.05) is 280 Å². The SMILES string of the molecule is CC/C=C\C/C=C\C/C=C\C/C=C\C/C=C\CCCCCC(=O)NC(CO)C(O)CCCCCCCCCCCCCCCCCCCCCCCCCCCCCCCCC. The van der Waals surface area contributed by atoms with Crippen molar-refractivity contribution in [2.24, 2.45) is 0 Å². The Morgan fingerprint density at radius 1 is 0.403 bits per heavy atom. The highest BCUT2D eigenvalue weighted by atomic mass is 16.3. The van der Waals surface area contributed by atoms with Crippen molar-refractivity contribution in [3.63, 3.8) is 0 Å². The average Bonchev–Trinajstić information content (AvgIpc) is 3.28. The van der Waals surface area contributed by atoms with Crippen LogP contribution in [-0.4, -0.2) is 34.9 Å². The van der Waals surface area contributed by atoms with Gasteiger partial charge in [0.05, 0.1) is 18.8 Å². The topological polar surface area (TPSA) is 69.6 Å². The average molecular weight is 866 g/mol. The van der Waals surface area contributed by atoms with Crippen LogP contribution in [0.1, 0.15) is 284 Å². The molecule has 62 heavy (non-hydrogen) atoms. The van der Waals surface area contributed by atoms with Crippen molar-refractivity contribution in [2.45, 2.75) is 296 Å². The number of nitrogens with one attached hydrogen (secondary N) is 1. The smallest absolute Gasteiger partial charge is 0.220 e. The van der Waals surface area contributed by atoms with Gasteiger partial charge in [-0.2, -0.15) is 0 Å². The van der Waals surface area contributed by atoms with Crippen molar-refractivity contribution in [1.29, 1.82) is 0 Å². The third-order valence-electron chi connectivity index (χ3n) is 12.5. The molecule has 0 aliphatic carbocycles. The standard InChI is InChI=1S/C58H107NO3/c1-3-5-7-9-11-13-15-17-19-21-23-24-25-26-27-28-29-30-31-32-33-34-36-37-39-41-43-45-47-49-51-53-57(61)56(55-60)59-58(62)54-52-50-48-46-44-42-40-38-35-22-20-18-16-14-12-10-8-6-4-2/h6,8,12,14,18,20,35,38,42,44,56-57,60-61H,3-5,7,9-11,13,15-17,19,21-34,36-37,39-41,43,45-55H2,1-2H3,(H,59,62)/b8-6-,14-12-,20-18-,38-35-,44-42-. The van der Waals surface area contributed by atoms with Crippen LogP contribution in [-0.2, 0) is 4.79 Å². The third kappa shape index (κ3) is 49.1. The lowest BCUT2D eigenvalue weighted by Gasteiger charge is -2.22. The quantitative estimate of drug-likeness (QED) is 0.0421. The Hall–Kier alpha value is -1.91. The van der Waals surface area contributed by atoms with Crippen LogP contribution in [0, 0.1) is 0 Å². The van der Waals surface area contributed by atoms with Crippen LogP contribution in [0.3, 0.4) is 0 Å². The van der Waals surface area contributed by atoms with Gasteiger partial charge < -0.3 is 15.5 Å². The summed E-state index contributed by atoms with van der Waals surface area (Å²) in [5.41, 5.74) is 0. The second-order valence-electron chi connectivity index (χ2n) is 18.6. The molecule has 0 fully saturated rings. The predicted molar refractivity (Wildman–Crippen MR) is 276 cm³/mol. The Balaban J connectivity index is 3.47. The van der Waals surface area contributed by atoms with E-state index in [0.717, 1.165) is 70.6 Å². The molecule has 0 aliphatic heterocycles. The van der Waals surface area contributed by atoms with E-state index in [1.807, 2.05) is 0 Å². The van der Waals surface area contributed by atoms with E-state index in [9.17, 15) is 15.0 Å². The van der Waals surface area contributed by atoms with Gasteiger partial charge >= 0.3 is 0 Å². The monoisotopic (exact) mass is 866 g/mol. The van der Waals surface area contributed by atoms with Crippen LogP contribution < -0.4 is 5.32 Å². The Bertz CT molecular complexity index is 1030. The maximum Gasteiger partial charge on any atom is 0.220 e. The molecule has 0 bridgehead atoms. The van der Waals surface area contributed by atoms with Crippen molar-refractivity contribution < 1.29 is 15.0 Å². The van der Waals surface area contributed by atoms with Crippen molar-refractivity contribution in [3.8, 4) is 0 Å². The first-order valence-electron chi connectivity index (χ1n) is 27.5. The zero-order valence-corrected chi connectivity index (χ0v) is 41.6. The molecular weight excluding hydrogens is 759 g/mol. The summed E-state index contributed by atoms with van der Waals surface area (Å²) in [4.78, 5) is 12.4. The van der Waals surface area contributed by atoms with Crippen LogP contribution in [0.25, 0.3) is 0 Å². The lowest BCUT2D eigenvalue weighted by Crippen LogP contribution is -2.45. The Morgan fingerprint density at radius 3 is 1.05 bits per heavy atom. The first-order valence-corrected chi connectivity index (χ1v) is 27.5. The molecule has 0 aromatic heterocycles. The van der Waals surface area contributed by atoms with Crippen LogP contribution >= 0.6 is 0 Å². The normalized spacial score (nSPS) is 13.3. The molecule has 0 aromatic carbocycles. The fraction of sp³-hybridized carbons (Fsp3) is 0.810. The number of allylic oxidation sites excluding steroid dienone is 10. The number of carbonyl (C=O) groups is 1. The molecule has 0 saturated heterocycles. The minimum absolute atomic E-state index is 0.0612. The van der Waals surface area contributed by atoms with E-state index in [2.05, 4.69) is 79.9 Å². The van der Waals surface area contributed by atoms with Crippen LogP contribution in [0.5, 0.6) is 0 Å². The molecule has 2 atom stereocenters. The number of carbonyl (C=O) groups excluding carboxylic acids is 1. The zero-order valence-electron chi connectivity index (χ0n) is 41.6. The molecule has 0 aromatic rings. The Kier molecular flexibility index (Phi) is 51.8. The molecule has 4 heteroatoms. The van der Waals surface area contributed by atoms with Gasteiger partial charge in [-0.15, -0.1) is 0 Å². The molecule has 0 aliphatic rings. The third-order valence-corrected chi connectivity index (χ3v) is 12.5. The maximum absolute atomic E-state index is 12.4. The molecule has 0 heterocycles. The van der Waals surface area contributed by atoms with Gasteiger partial charge in [0.25, 0.3) is 0 Å². The predicted octanol–water partition coefficient (Wildman–Crippen LogP) is 18.0. The number of hydrogen-bond donors (Lipinski definition) is 3. The highest BCUT2D eigenvalue weighted by molar-refractivity contribution is 5.76. The largest absolute Gasteiger partial charge is 0.394 e. The van der Waals surface area contributed by atoms with E-state index >= 15 is 0 Å². The van der Waals surface area contributed by atoms with Crippen molar-refractivity contribution in [1.82, 2.24) is 5.32 Å². The summed E-state index contributed by atoms with van der Waals surface area (Å²) < 4.78 is 0. The summed E-state index contributed by atoms with van der Waals surface area (Å²) in [6, 6.07) is -0.558. The van der Waals surface area contributed by atoms with Gasteiger partial charge in [0.2, 0.25) is 5.91 Å². The van der Waals surface area contributed by atoms with Gasteiger partial charge in [0, 0.05) is 6.42 Å². The van der Waals surface area contributed by atoms with Crippen LogP contribution in [0.4, 0.5) is 0 Å². The van der Waals surface area contributed by atoms with Crippen LogP contribution in [0.15, 0.2) is 60.8 Å². The number of amides is 1. The first kappa shape index (κ1) is 60.1. The van der Waals surface area contributed by atoms with Crippen molar-refractivity contribution in [2.75, 3.05) is 6.61 Å². The van der Waals surface area contributed by atoms with Gasteiger partial charge in [0.1, 0.15) is 0 Å². The van der Waals surface area contributed by atoms with E-state index in [-0.39, 0.29) is 12.5 Å². The molecular formula is C58H107NO3. The van der Waals surface area contributed by atoms with E-state index in [1.165, 1.54) is 186 Å². The number of unbranched alkanes of at least 4 members (excludes halogenated alkanes) is 33. The molecule has 3 N–H and O–H groups in total. The van der Waals surface area contributed by atoms with Gasteiger partial charge in [-0.25, -0.2) is 0 Å². The van der Waals surface area contributed by atoms with Crippen molar-refractivity contribution in [3.05, 3.63) is 60.8 Å². The minimum Gasteiger partial charge on any atom is -0.394 e. The number of rotatable bonds is 50. The fourth-order valence-corrected chi connectivity index (χ4v) is 8.39. The Morgan fingerprint density at radius 2 is 0.710 bits per heavy atom. The molecule has 4 nitrogen and oxygen atoms in total. The second kappa shape index (κ2) is 53.4. The van der Waals surface area contributed by atoms with Gasteiger partial charge in [0.15, 0.2) is 0 Å².